The van der Waals surface area contributed by atoms with Gasteiger partial charge >= 0.3 is 5.69 Å². The highest BCUT2D eigenvalue weighted by Gasteiger charge is 2.26. The summed E-state index contributed by atoms with van der Waals surface area (Å²) in [6, 6.07) is 23.3. The predicted octanol–water partition coefficient (Wildman–Crippen LogP) is 4.70. The van der Waals surface area contributed by atoms with Crippen molar-refractivity contribution in [2.45, 2.75) is 6.04 Å². The molecule has 1 heterocycles. The van der Waals surface area contributed by atoms with Gasteiger partial charge in [-0.25, -0.2) is 0 Å². The van der Waals surface area contributed by atoms with E-state index in [1.54, 1.807) is 24.1 Å². The van der Waals surface area contributed by atoms with Crippen LogP contribution in [0.25, 0.3) is 10.9 Å². The quantitative estimate of drug-likeness (QED) is 0.350. The van der Waals surface area contributed by atoms with Gasteiger partial charge in [-0.2, -0.15) is 0 Å². The van der Waals surface area contributed by atoms with Gasteiger partial charge < -0.3 is 14.6 Å². The van der Waals surface area contributed by atoms with E-state index >= 15 is 0 Å². The van der Waals surface area contributed by atoms with Crippen molar-refractivity contribution in [3.63, 3.8) is 0 Å². The van der Waals surface area contributed by atoms with E-state index in [0.717, 1.165) is 22.0 Å². The SMILES string of the molecule is CN(C(=O)COc1ccccc1[N+](=O)[O-])[C@H](c1ccccc1)c1c[nH]c2ccccc12. The van der Waals surface area contributed by atoms with E-state index in [1.807, 2.05) is 60.8 Å². The van der Waals surface area contributed by atoms with Gasteiger partial charge in [-0.1, -0.05) is 60.7 Å². The Morgan fingerprint density at radius 3 is 2.48 bits per heavy atom. The molecule has 7 nitrogen and oxygen atoms in total. The minimum Gasteiger partial charge on any atom is -0.477 e. The van der Waals surface area contributed by atoms with Crippen LogP contribution in [0.15, 0.2) is 85.1 Å². The first kappa shape index (κ1) is 20.2. The smallest absolute Gasteiger partial charge is 0.310 e. The van der Waals surface area contributed by atoms with Gasteiger partial charge in [0.2, 0.25) is 0 Å². The number of H-pyrrole nitrogens is 1. The summed E-state index contributed by atoms with van der Waals surface area (Å²) in [5.74, 6) is -0.227. The standard InChI is InChI=1S/C24H21N3O4/c1-26(23(28)16-31-22-14-8-7-13-21(22)27(29)30)24(17-9-3-2-4-10-17)19-15-25-20-12-6-5-11-18(19)20/h2-15,24-25H,16H2,1H3/t24-/m1/s1. The van der Waals surface area contributed by atoms with Gasteiger partial charge in [-0.3, -0.25) is 14.9 Å². The number of para-hydroxylation sites is 3. The summed E-state index contributed by atoms with van der Waals surface area (Å²) in [4.78, 5) is 28.6. The van der Waals surface area contributed by atoms with Crippen LogP contribution in [0.5, 0.6) is 5.75 Å². The molecule has 0 aliphatic rings. The van der Waals surface area contributed by atoms with Crippen LogP contribution in [0, 0.1) is 10.1 Å². The maximum absolute atomic E-state index is 13.1. The zero-order valence-electron chi connectivity index (χ0n) is 16.9. The molecule has 0 saturated heterocycles. The Kier molecular flexibility index (Phi) is 5.66. The van der Waals surface area contributed by atoms with Crippen LogP contribution in [0.4, 0.5) is 5.69 Å². The van der Waals surface area contributed by atoms with Crippen LogP contribution in [0.3, 0.4) is 0 Å². The lowest BCUT2D eigenvalue weighted by Gasteiger charge is -2.28. The molecule has 156 valence electrons. The molecule has 4 rings (SSSR count). The third-order valence-electron chi connectivity index (χ3n) is 5.22. The number of carbonyl (C=O) groups excluding carboxylic acids is 1. The molecule has 0 bridgehead atoms. The Bertz CT molecular complexity index is 1220. The fourth-order valence-electron chi connectivity index (χ4n) is 3.68. The number of nitrogens with one attached hydrogen (secondary N) is 1. The summed E-state index contributed by atoms with van der Waals surface area (Å²) in [6.07, 6.45) is 1.91. The van der Waals surface area contributed by atoms with Crippen molar-refractivity contribution in [2.75, 3.05) is 13.7 Å². The zero-order chi connectivity index (χ0) is 21.8. The molecule has 0 fully saturated rings. The summed E-state index contributed by atoms with van der Waals surface area (Å²) >= 11 is 0. The number of aromatic amines is 1. The first-order chi connectivity index (χ1) is 15.1. The molecule has 0 unspecified atom stereocenters. The number of nitrogens with zero attached hydrogens (tertiary/aromatic N) is 2. The number of ether oxygens (including phenoxy) is 1. The fraction of sp³-hybridized carbons (Fsp3) is 0.125. The summed E-state index contributed by atoms with van der Waals surface area (Å²) in [7, 11) is 1.71. The molecule has 0 saturated carbocycles. The van der Waals surface area contributed by atoms with Gasteiger partial charge in [0.25, 0.3) is 5.91 Å². The largest absolute Gasteiger partial charge is 0.477 e. The molecule has 7 heteroatoms. The van der Waals surface area contributed by atoms with Gasteiger partial charge in [0.1, 0.15) is 0 Å². The van der Waals surface area contributed by atoms with Crippen LogP contribution >= 0.6 is 0 Å². The molecule has 0 aliphatic carbocycles. The Labute approximate surface area is 179 Å². The number of fused-ring (bicyclic) bond motifs is 1. The van der Waals surface area contributed by atoms with E-state index in [4.69, 9.17) is 4.74 Å². The molecule has 31 heavy (non-hydrogen) atoms. The van der Waals surface area contributed by atoms with Crippen molar-refractivity contribution < 1.29 is 14.5 Å². The van der Waals surface area contributed by atoms with Crippen LogP contribution in [-0.2, 0) is 4.79 Å². The molecular weight excluding hydrogens is 394 g/mol. The van der Waals surface area contributed by atoms with Crippen molar-refractivity contribution in [1.82, 2.24) is 9.88 Å². The van der Waals surface area contributed by atoms with Crippen LogP contribution in [0.1, 0.15) is 17.2 Å². The molecule has 0 aliphatic heterocycles. The van der Waals surface area contributed by atoms with Crippen molar-refractivity contribution in [1.29, 1.82) is 0 Å². The Morgan fingerprint density at radius 2 is 1.71 bits per heavy atom. The number of likely N-dealkylation sites (N-methyl/N-ethyl adjacent to an activating group) is 1. The van der Waals surface area contributed by atoms with Gasteiger partial charge in [0.05, 0.1) is 11.0 Å². The summed E-state index contributed by atoms with van der Waals surface area (Å²) in [5.41, 5.74) is 2.72. The molecular formula is C24H21N3O4. The number of nitro benzene ring substituents is 1. The average Bonchev–Trinajstić information content (AvgIpc) is 3.22. The highest BCUT2D eigenvalue weighted by atomic mass is 16.6. The van der Waals surface area contributed by atoms with E-state index < -0.39 is 4.92 Å². The second-order valence-corrected chi connectivity index (χ2v) is 7.12. The van der Waals surface area contributed by atoms with Crippen LogP contribution in [0.2, 0.25) is 0 Å². The van der Waals surface area contributed by atoms with E-state index in [9.17, 15) is 14.9 Å². The van der Waals surface area contributed by atoms with E-state index in [1.165, 1.54) is 12.1 Å². The highest BCUT2D eigenvalue weighted by molar-refractivity contribution is 5.85. The Hall–Kier alpha value is -4.13. The maximum Gasteiger partial charge on any atom is 0.310 e. The summed E-state index contributed by atoms with van der Waals surface area (Å²) in [6.45, 7) is -0.312. The van der Waals surface area contributed by atoms with Crippen molar-refractivity contribution >= 4 is 22.5 Å². The van der Waals surface area contributed by atoms with Crippen molar-refractivity contribution in [3.05, 3.63) is 106 Å². The monoisotopic (exact) mass is 415 g/mol. The number of carbonyl (C=O) groups is 1. The number of nitro groups is 1. The van der Waals surface area contributed by atoms with Crippen molar-refractivity contribution in [3.8, 4) is 5.75 Å². The van der Waals surface area contributed by atoms with Gasteiger partial charge in [0.15, 0.2) is 12.4 Å². The molecule has 1 amide bonds. The van der Waals surface area contributed by atoms with Gasteiger partial charge in [-0.15, -0.1) is 0 Å². The summed E-state index contributed by atoms with van der Waals surface area (Å²) < 4.78 is 5.53. The van der Waals surface area contributed by atoms with Crippen LogP contribution < -0.4 is 4.74 Å². The topological polar surface area (TPSA) is 88.5 Å². The highest BCUT2D eigenvalue weighted by Crippen LogP contribution is 2.33. The van der Waals surface area contributed by atoms with Crippen LogP contribution in [-0.4, -0.2) is 34.4 Å². The van der Waals surface area contributed by atoms with E-state index in [2.05, 4.69) is 4.98 Å². The number of aromatic nitrogens is 1. The van der Waals surface area contributed by atoms with E-state index in [0.29, 0.717) is 0 Å². The third-order valence-corrected chi connectivity index (χ3v) is 5.22. The normalized spacial score (nSPS) is 11.8. The first-order valence-electron chi connectivity index (χ1n) is 9.79. The molecule has 0 radical (unpaired) electrons. The molecule has 1 atom stereocenters. The lowest BCUT2D eigenvalue weighted by molar-refractivity contribution is -0.385. The number of rotatable bonds is 7. The molecule has 1 aromatic heterocycles. The molecule has 4 aromatic rings. The van der Waals surface area contributed by atoms with Crippen molar-refractivity contribution in [2.24, 2.45) is 0 Å². The summed E-state index contributed by atoms with van der Waals surface area (Å²) in [5, 5.41) is 12.2. The van der Waals surface area contributed by atoms with E-state index in [-0.39, 0.29) is 30.0 Å². The molecule has 1 N–H and O–H groups in total. The lowest BCUT2D eigenvalue weighted by Crippen LogP contribution is -2.35. The zero-order valence-corrected chi connectivity index (χ0v) is 16.9. The maximum atomic E-state index is 13.1. The van der Waals surface area contributed by atoms with Gasteiger partial charge in [-0.05, 0) is 17.7 Å². The number of amides is 1. The minimum absolute atomic E-state index is 0.0672. The average molecular weight is 415 g/mol. The fourth-order valence-corrected chi connectivity index (χ4v) is 3.68. The Morgan fingerprint density at radius 1 is 1.03 bits per heavy atom. The lowest BCUT2D eigenvalue weighted by atomic mass is 9.97. The number of benzene rings is 3. The third kappa shape index (κ3) is 4.11. The molecule has 3 aromatic carbocycles. The second-order valence-electron chi connectivity index (χ2n) is 7.12. The van der Waals surface area contributed by atoms with Gasteiger partial charge in [0, 0.05) is 35.8 Å². The number of hydrogen-bond acceptors (Lipinski definition) is 4. The predicted molar refractivity (Wildman–Crippen MR) is 118 cm³/mol. The number of hydrogen-bond donors (Lipinski definition) is 1. The second kappa shape index (κ2) is 8.71. The minimum atomic E-state index is -0.526. The first-order valence-corrected chi connectivity index (χ1v) is 9.79. The Balaban J connectivity index is 1.63. The molecule has 0 spiro atoms.